The fourth-order valence-corrected chi connectivity index (χ4v) is 2.39. The molecule has 72 valence electrons. The highest BCUT2D eigenvalue weighted by Crippen LogP contribution is 2.28. The molecule has 2 aromatic rings. The monoisotopic (exact) mass is 204 g/mol. The SMILES string of the molecule is Cc1ccsc1C(O)c1ccccc1. The molecule has 0 aliphatic rings. The van der Waals surface area contributed by atoms with E-state index in [9.17, 15) is 5.11 Å². The molecule has 2 rings (SSSR count). The maximum atomic E-state index is 10.1. The summed E-state index contributed by atoms with van der Waals surface area (Å²) in [6.45, 7) is 2.03. The first-order valence-corrected chi connectivity index (χ1v) is 5.44. The van der Waals surface area contributed by atoms with Crippen molar-refractivity contribution in [3.63, 3.8) is 0 Å². The molecule has 14 heavy (non-hydrogen) atoms. The van der Waals surface area contributed by atoms with E-state index in [-0.39, 0.29) is 0 Å². The topological polar surface area (TPSA) is 20.2 Å². The summed E-state index contributed by atoms with van der Waals surface area (Å²) >= 11 is 1.60. The van der Waals surface area contributed by atoms with Crippen LogP contribution in [0.1, 0.15) is 22.1 Å². The zero-order valence-electron chi connectivity index (χ0n) is 7.97. The highest BCUT2D eigenvalue weighted by Gasteiger charge is 2.12. The van der Waals surface area contributed by atoms with Crippen LogP contribution in [0.5, 0.6) is 0 Å². The van der Waals surface area contributed by atoms with Gasteiger partial charge >= 0.3 is 0 Å². The minimum Gasteiger partial charge on any atom is -0.383 e. The summed E-state index contributed by atoms with van der Waals surface area (Å²) in [5, 5.41) is 12.1. The van der Waals surface area contributed by atoms with E-state index in [4.69, 9.17) is 0 Å². The normalized spacial score (nSPS) is 12.7. The van der Waals surface area contributed by atoms with Gasteiger partial charge in [-0.05, 0) is 29.5 Å². The lowest BCUT2D eigenvalue weighted by molar-refractivity contribution is 0.223. The number of aryl methyl sites for hydroxylation is 1. The van der Waals surface area contributed by atoms with Crippen LogP contribution in [0.4, 0.5) is 0 Å². The molecular formula is C12H12OS. The average molecular weight is 204 g/mol. The van der Waals surface area contributed by atoms with Gasteiger partial charge in [0.2, 0.25) is 0 Å². The number of benzene rings is 1. The molecule has 1 atom stereocenters. The van der Waals surface area contributed by atoms with Crippen LogP contribution in [0.2, 0.25) is 0 Å². The van der Waals surface area contributed by atoms with E-state index in [0.717, 1.165) is 16.0 Å². The van der Waals surface area contributed by atoms with Gasteiger partial charge in [0.05, 0.1) is 0 Å². The predicted octanol–water partition coefficient (Wildman–Crippen LogP) is 3.14. The van der Waals surface area contributed by atoms with Gasteiger partial charge in [0.25, 0.3) is 0 Å². The van der Waals surface area contributed by atoms with E-state index in [1.54, 1.807) is 11.3 Å². The lowest BCUT2D eigenvalue weighted by atomic mass is 10.1. The van der Waals surface area contributed by atoms with Crippen molar-refractivity contribution in [2.75, 3.05) is 0 Å². The maximum Gasteiger partial charge on any atom is 0.113 e. The zero-order valence-corrected chi connectivity index (χ0v) is 8.79. The number of aliphatic hydroxyl groups excluding tert-OH is 1. The van der Waals surface area contributed by atoms with Crippen LogP contribution in [0.25, 0.3) is 0 Å². The standard InChI is InChI=1S/C12H12OS/c1-9-7-8-14-12(9)11(13)10-5-3-2-4-6-10/h2-8,11,13H,1H3. The van der Waals surface area contributed by atoms with Crippen LogP contribution >= 0.6 is 11.3 Å². The van der Waals surface area contributed by atoms with Gasteiger partial charge in [0.15, 0.2) is 0 Å². The third-order valence-electron chi connectivity index (χ3n) is 2.27. The Bertz CT molecular complexity index is 405. The Kier molecular flexibility index (Phi) is 2.66. The van der Waals surface area contributed by atoms with E-state index < -0.39 is 6.10 Å². The molecular weight excluding hydrogens is 192 g/mol. The van der Waals surface area contributed by atoms with Gasteiger partial charge in [-0.2, -0.15) is 0 Å². The average Bonchev–Trinajstić information content (AvgIpc) is 2.65. The van der Waals surface area contributed by atoms with E-state index >= 15 is 0 Å². The van der Waals surface area contributed by atoms with E-state index in [2.05, 4.69) is 0 Å². The summed E-state index contributed by atoms with van der Waals surface area (Å²) in [5.74, 6) is 0. The van der Waals surface area contributed by atoms with Gasteiger partial charge in [-0.1, -0.05) is 30.3 Å². The van der Waals surface area contributed by atoms with Crippen molar-refractivity contribution >= 4 is 11.3 Å². The van der Waals surface area contributed by atoms with Crippen LogP contribution in [0.3, 0.4) is 0 Å². The molecule has 0 amide bonds. The molecule has 0 radical (unpaired) electrons. The number of thiophene rings is 1. The molecule has 0 fully saturated rings. The van der Waals surface area contributed by atoms with E-state index in [1.165, 1.54) is 0 Å². The molecule has 1 N–H and O–H groups in total. The minimum atomic E-state index is -0.476. The molecule has 1 unspecified atom stereocenters. The van der Waals surface area contributed by atoms with Crippen LogP contribution < -0.4 is 0 Å². The lowest BCUT2D eigenvalue weighted by Crippen LogP contribution is -1.97. The summed E-state index contributed by atoms with van der Waals surface area (Å²) in [6, 6.07) is 11.8. The van der Waals surface area contributed by atoms with Gasteiger partial charge in [0, 0.05) is 4.88 Å². The number of aliphatic hydroxyl groups is 1. The second-order valence-electron chi connectivity index (χ2n) is 3.28. The molecule has 1 aromatic heterocycles. The summed E-state index contributed by atoms with van der Waals surface area (Å²) in [7, 11) is 0. The molecule has 1 aromatic carbocycles. The van der Waals surface area contributed by atoms with Gasteiger partial charge in [0.1, 0.15) is 6.10 Å². The van der Waals surface area contributed by atoms with Crippen molar-refractivity contribution in [1.29, 1.82) is 0 Å². The number of hydrogen-bond acceptors (Lipinski definition) is 2. The Morgan fingerprint density at radius 3 is 2.43 bits per heavy atom. The Morgan fingerprint density at radius 2 is 1.86 bits per heavy atom. The summed E-state index contributed by atoms with van der Waals surface area (Å²) in [6.07, 6.45) is -0.476. The first kappa shape index (κ1) is 9.44. The van der Waals surface area contributed by atoms with Crippen LogP contribution in [-0.4, -0.2) is 5.11 Å². The van der Waals surface area contributed by atoms with Gasteiger partial charge in [-0.25, -0.2) is 0 Å². The zero-order chi connectivity index (χ0) is 9.97. The maximum absolute atomic E-state index is 10.1. The highest BCUT2D eigenvalue weighted by atomic mass is 32.1. The third-order valence-corrected chi connectivity index (χ3v) is 3.34. The van der Waals surface area contributed by atoms with Crippen molar-refractivity contribution in [3.8, 4) is 0 Å². The molecule has 0 bridgehead atoms. The van der Waals surface area contributed by atoms with Crippen LogP contribution in [-0.2, 0) is 0 Å². The van der Waals surface area contributed by atoms with Gasteiger partial charge in [-0.15, -0.1) is 11.3 Å². The van der Waals surface area contributed by atoms with Crippen molar-refractivity contribution in [2.45, 2.75) is 13.0 Å². The van der Waals surface area contributed by atoms with E-state index in [0.29, 0.717) is 0 Å². The van der Waals surface area contributed by atoms with Crippen molar-refractivity contribution in [2.24, 2.45) is 0 Å². The van der Waals surface area contributed by atoms with Crippen LogP contribution in [0, 0.1) is 6.92 Å². The minimum absolute atomic E-state index is 0.476. The molecule has 1 nitrogen and oxygen atoms in total. The molecule has 0 spiro atoms. The van der Waals surface area contributed by atoms with Gasteiger partial charge < -0.3 is 5.11 Å². The highest BCUT2D eigenvalue weighted by molar-refractivity contribution is 7.10. The second-order valence-corrected chi connectivity index (χ2v) is 4.23. The Balaban J connectivity index is 2.34. The second kappa shape index (κ2) is 3.95. The number of hydrogen-bond donors (Lipinski definition) is 1. The quantitative estimate of drug-likeness (QED) is 0.796. The first-order valence-electron chi connectivity index (χ1n) is 4.56. The van der Waals surface area contributed by atoms with Crippen molar-refractivity contribution in [1.82, 2.24) is 0 Å². The molecule has 1 heterocycles. The van der Waals surface area contributed by atoms with E-state index in [1.807, 2.05) is 48.7 Å². The van der Waals surface area contributed by atoms with Crippen molar-refractivity contribution < 1.29 is 5.11 Å². The molecule has 0 saturated carbocycles. The third kappa shape index (κ3) is 1.72. The largest absolute Gasteiger partial charge is 0.383 e. The fraction of sp³-hybridized carbons (Fsp3) is 0.167. The summed E-state index contributed by atoms with van der Waals surface area (Å²) in [4.78, 5) is 1.04. The Morgan fingerprint density at radius 1 is 1.14 bits per heavy atom. The van der Waals surface area contributed by atoms with Crippen LogP contribution in [0.15, 0.2) is 41.8 Å². The molecule has 0 saturated heterocycles. The molecule has 2 heteroatoms. The Hall–Kier alpha value is -1.12. The summed E-state index contributed by atoms with van der Waals surface area (Å²) in [5.41, 5.74) is 2.12. The van der Waals surface area contributed by atoms with Gasteiger partial charge in [-0.3, -0.25) is 0 Å². The fourth-order valence-electron chi connectivity index (χ4n) is 1.45. The summed E-state index contributed by atoms with van der Waals surface area (Å²) < 4.78 is 0. The smallest absolute Gasteiger partial charge is 0.113 e. The Labute approximate surface area is 87.7 Å². The van der Waals surface area contributed by atoms with Crippen molar-refractivity contribution in [3.05, 3.63) is 57.8 Å². The lowest BCUT2D eigenvalue weighted by Gasteiger charge is -2.09. The first-order chi connectivity index (χ1) is 6.79. The number of rotatable bonds is 2. The predicted molar refractivity (Wildman–Crippen MR) is 59.6 cm³/mol. The molecule has 0 aliphatic carbocycles. The molecule has 0 aliphatic heterocycles.